The van der Waals surface area contributed by atoms with Gasteiger partial charge in [-0.15, -0.1) is 22.7 Å². The lowest BCUT2D eigenvalue weighted by atomic mass is 10.1. The first-order valence-corrected chi connectivity index (χ1v) is 10.0. The van der Waals surface area contributed by atoms with E-state index in [4.69, 9.17) is 0 Å². The summed E-state index contributed by atoms with van der Waals surface area (Å²) in [5.74, 6) is -0.339. The van der Waals surface area contributed by atoms with Gasteiger partial charge in [0.05, 0.1) is 16.5 Å². The second-order valence-corrected chi connectivity index (χ2v) is 8.21. The highest BCUT2D eigenvalue weighted by molar-refractivity contribution is 7.16. The predicted molar refractivity (Wildman–Crippen MR) is 102 cm³/mol. The van der Waals surface area contributed by atoms with Crippen molar-refractivity contribution in [3.8, 4) is 10.6 Å². The van der Waals surface area contributed by atoms with E-state index in [1.54, 1.807) is 16.2 Å². The van der Waals surface area contributed by atoms with Crippen molar-refractivity contribution in [1.82, 2.24) is 14.8 Å². The molecule has 3 heterocycles. The third kappa shape index (κ3) is 4.65. The summed E-state index contributed by atoms with van der Waals surface area (Å²) in [6, 6.07) is 3.99. The Kier molecular flexibility index (Phi) is 5.82. The highest BCUT2D eigenvalue weighted by atomic mass is 32.1. The lowest BCUT2D eigenvalue weighted by Crippen LogP contribution is -2.30. The number of nitrogens with one attached hydrogen (secondary N) is 1. The minimum Gasteiger partial charge on any atom is -0.342 e. The van der Waals surface area contributed by atoms with Crippen LogP contribution in [0.1, 0.15) is 12.8 Å². The van der Waals surface area contributed by atoms with E-state index in [1.165, 1.54) is 11.3 Å². The molecule has 1 unspecified atom stereocenters. The number of thiophene rings is 1. The maximum absolute atomic E-state index is 12.5. The number of anilines is 1. The molecule has 1 aliphatic heterocycles. The normalized spacial score (nSPS) is 17.5. The first kappa shape index (κ1) is 18.0. The Labute approximate surface area is 155 Å². The highest BCUT2D eigenvalue weighted by Crippen LogP contribution is 2.29. The van der Waals surface area contributed by atoms with Gasteiger partial charge in [0.15, 0.2) is 5.13 Å². The van der Waals surface area contributed by atoms with E-state index < -0.39 is 0 Å². The van der Waals surface area contributed by atoms with Crippen LogP contribution in [0.4, 0.5) is 5.13 Å². The van der Waals surface area contributed by atoms with Gasteiger partial charge in [0.1, 0.15) is 0 Å². The smallest absolute Gasteiger partial charge is 0.231 e. The van der Waals surface area contributed by atoms with Crippen LogP contribution in [0.2, 0.25) is 0 Å². The van der Waals surface area contributed by atoms with Crippen molar-refractivity contribution >= 4 is 39.6 Å². The number of hydrogen-bond acceptors (Lipinski definition) is 6. The fourth-order valence-corrected chi connectivity index (χ4v) is 4.29. The fourth-order valence-electron chi connectivity index (χ4n) is 2.82. The van der Waals surface area contributed by atoms with Gasteiger partial charge in [-0.3, -0.25) is 9.59 Å². The van der Waals surface area contributed by atoms with Crippen LogP contribution in [0.5, 0.6) is 0 Å². The number of nitrogens with zero attached hydrogens (tertiary/aromatic N) is 3. The minimum atomic E-state index is -0.291. The van der Waals surface area contributed by atoms with Crippen molar-refractivity contribution in [2.45, 2.75) is 12.8 Å². The molecule has 2 amide bonds. The third-order valence-electron chi connectivity index (χ3n) is 4.13. The topological polar surface area (TPSA) is 65.5 Å². The summed E-state index contributed by atoms with van der Waals surface area (Å²) in [5.41, 5.74) is 0.878. The zero-order valence-corrected chi connectivity index (χ0v) is 16.0. The Morgan fingerprint density at radius 1 is 1.44 bits per heavy atom. The number of amides is 2. The number of thiazole rings is 1. The zero-order chi connectivity index (χ0) is 17.8. The molecule has 1 atom stereocenters. The largest absolute Gasteiger partial charge is 0.342 e. The molecule has 3 rings (SSSR count). The minimum absolute atomic E-state index is 0.0670. The van der Waals surface area contributed by atoms with E-state index in [0.717, 1.165) is 23.5 Å². The fraction of sp³-hybridized carbons (Fsp3) is 0.471. The van der Waals surface area contributed by atoms with Crippen molar-refractivity contribution in [3.63, 3.8) is 0 Å². The monoisotopic (exact) mass is 378 g/mol. The van der Waals surface area contributed by atoms with Crippen molar-refractivity contribution in [2.24, 2.45) is 5.92 Å². The maximum atomic E-state index is 12.5. The molecule has 2 aromatic heterocycles. The first-order chi connectivity index (χ1) is 12.0. The van der Waals surface area contributed by atoms with Crippen molar-refractivity contribution in [1.29, 1.82) is 0 Å². The van der Waals surface area contributed by atoms with Gasteiger partial charge in [-0.05, 0) is 38.5 Å². The lowest BCUT2D eigenvalue weighted by molar-refractivity contribution is -0.128. The molecule has 2 aromatic rings. The summed E-state index contributed by atoms with van der Waals surface area (Å²) in [5, 5.41) is 7.40. The van der Waals surface area contributed by atoms with Gasteiger partial charge < -0.3 is 15.1 Å². The Morgan fingerprint density at radius 2 is 2.28 bits per heavy atom. The van der Waals surface area contributed by atoms with E-state index in [9.17, 15) is 9.59 Å². The van der Waals surface area contributed by atoms with Gasteiger partial charge in [-0.25, -0.2) is 4.98 Å². The summed E-state index contributed by atoms with van der Waals surface area (Å²) < 4.78 is 0. The molecule has 134 valence electrons. The van der Waals surface area contributed by atoms with Gasteiger partial charge >= 0.3 is 0 Å². The van der Waals surface area contributed by atoms with Crippen molar-refractivity contribution < 1.29 is 9.59 Å². The molecule has 1 aliphatic rings. The first-order valence-electron chi connectivity index (χ1n) is 8.25. The van der Waals surface area contributed by atoms with Crippen LogP contribution >= 0.6 is 22.7 Å². The third-order valence-corrected chi connectivity index (χ3v) is 5.78. The summed E-state index contributed by atoms with van der Waals surface area (Å²) in [6.07, 6.45) is 1.21. The Balaban J connectivity index is 1.53. The molecule has 0 aromatic carbocycles. The average molecular weight is 379 g/mol. The molecular formula is C17H22N4O2S2. The standard InChI is InChI=1S/C17H22N4O2S2/c1-20(2)6-4-7-21-10-12(9-15(21)22)16(23)19-17-18-13(11-25-17)14-5-3-8-24-14/h3,5,8,11-12H,4,6-7,9-10H2,1-2H3,(H,18,19,23). The number of aromatic nitrogens is 1. The summed E-state index contributed by atoms with van der Waals surface area (Å²) in [6.45, 7) is 2.15. The van der Waals surface area contributed by atoms with Crippen molar-refractivity contribution in [2.75, 3.05) is 39.0 Å². The van der Waals surface area contributed by atoms with Gasteiger partial charge in [0.2, 0.25) is 11.8 Å². The van der Waals surface area contributed by atoms with E-state index in [0.29, 0.717) is 18.2 Å². The van der Waals surface area contributed by atoms with E-state index in [2.05, 4.69) is 15.2 Å². The number of likely N-dealkylation sites (tertiary alicyclic amines) is 1. The second-order valence-electron chi connectivity index (χ2n) is 6.40. The summed E-state index contributed by atoms with van der Waals surface area (Å²) in [4.78, 5) is 34.0. The molecule has 0 saturated carbocycles. The Hall–Kier alpha value is -1.77. The van der Waals surface area contributed by atoms with Crippen LogP contribution in [0.15, 0.2) is 22.9 Å². The van der Waals surface area contributed by atoms with E-state index in [1.807, 2.05) is 37.0 Å². The SMILES string of the molecule is CN(C)CCCN1CC(C(=O)Nc2nc(-c3cccs3)cs2)CC1=O. The number of carbonyl (C=O) groups excluding carboxylic acids is 2. The number of hydrogen-bond donors (Lipinski definition) is 1. The molecule has 0 aliphatic carbocycles. The Morgan fingerprint density at radius 3 is 3.00 bits per heavy atom. The van der Waals surface area contributed by atoms with Crippen LogP contribution in [0, 0.1) is 5.92 Å². The molecule has 8 heteroatoms. The van der Waals surface area contributed by atoms with Gasteiger partial charge in [-0.2, -0.15) is 0 Å². The van der Waals surface area contributed by atoms with Crippen LogP contribution in [-0.2, 0) is 9.59 Å². The maximum Gasteiger partial charge on any atom is 0.231 e. The second kappa shape index (κ2) is 8.07. The molecule has 1 N–H and O–H groups in total. The molecule has 25 heavy (non-hydrogen) atoms. The van der Waals surface area contributed by atoms with E-state index in [-0.39, 0.29) is 24.2 Å². The molecule has 0 bridgehead atoms. The average Bonchev–Trinajstić information content (AvgIpc) is 3.28. The van der Waals surface area contributed by atoms with Gasteiger partial charge in [0.25, 0.3) is 0 Å². The van der Waals surface area contributed by atoms with Crippen molar-refractivity contribution in [3.05, 3.63) is 22.9 Å². The quantitative estimate of drug-likeness (QED) is 0.804. The van der Waals surface area contributed by atoms with Gasteiger partial charge in [-0.1, -0.05) is 6.07 Å². The number of rotatable bonds is 7. The summed E-state index contributed by atoms with van der Waals surface area (Å²) in [7, 11) is 4.03. The summed E-state index contributed by atoms with van der Waals surface area (Å²) >= 11 is 3.03. The van der Waals surface area contributed by atoms with Crippen LogP contribution in [-0.4, -0.2) is 60.3 Å². The van der Waals surface area contributed by atoms with E-state index >= 15 is 0 Å². The zero-order valence-electron chi connectivity index (χ0n) is 14.4. The predicted octanol–water partition coefficient (Wildman–Crippen LogP) is 2.61. The molecule has 6 nitrogen and oxygen atoms in total. The van der Waals surface area contributed by atoms with Crippen LogP contribution in [0.25, 0.3) is 10.6 Å². The molecular weight excluding hydrogens is 356 g/mol. The number of carbonyl (C=O) groups is 2. The van der Waals surface area contributed by atoms with Gasteiger partial charge in [0, 0.05) is 24.9 Å². The Bertz CT molecular complexity index is 727. The highest BCUT2D eigenvalue weighted by Gasteiger charge is 2.34. The van der Waals surface area contributed by atoms with Crippen LogP contribution in [0.3, 0.4) is 0 Å². The van der Waals surface area contributed by atoms with Crippen LogP contribution < -0.4 is 5.32 Å². The molecule has 0 radical (unpaired) electrons. The molecule has 0 spiro atoms. The lowest BCUT2D eigenvalue weighted by Gasteiger charge is -2.17. The molecule has 1 fully saturated rings. The molecule has 1 saturated heterocycles.